The van der Waals surface area contributed by atoms with E-state index in [1.165, 1.54) is 32.4 Å². The number of imidazole rings is 1. The van der Waals surface area contributed by atoms with Crippen LogP contribution in [-0.4, -0.2) is 56.5 Å². The summed E-state index contributed by atoms with van der Waals surface area (Å²) in [6.45, 7) is 3.27. The molecule has 1 aliphatic rings. The van der Waals surface area contributed by atoms with Crippen LogP contribution in [0.5, 0.6) is 11.5 Å². The van der Waals surface area contributed by atoms with Gasteiger partial charge in [-0.3, -0.25) is 18.9 Å². The summed E-state index contributed by atoms with van der Waals surface area (Å²) in [5, 5.41) is 21.8. The fraction of sp³-hybridized carbons (Fsp3) is 0.192. The van der Waals surface area contributed by atoms with Crippen LogP contribution < -0.4 is 9.64 Å². The van der Waals surface area contributed by atoms with Crippen molar-refractivity contribution in [3.8, 4) is 11.5 Å². The van der Waals surface area contributed by atoms with E-state index in [9.17, 15) is 24.6 Å². The van der Waals surface area contributed by atoms with E-state index in [1.54, 1.807) is 42.6 Å². The van der Waals surface area contributed by atoms with Crippen LogP contribution in [0.2, 0.25) is 0 Å². The summed E-state index contributed by atoms with van der Waals surface area (Å²) in [5.41, 5.74) is 1.71. The van der Waals surface area contributed by atoms with Crippen molar-refractivity contribution in [3.05, 3.63) is 75.7 Å². The zero-order valence-electron chi connectivity index (χ0n) is 20.8. The van der Waals surface area contributed by atoms with Crippen LogP contribution in [0.25, 0.3) is 11.4 Å². The predicted molar refractivity (Wildman–Crippen MR) is 138 cm³/mol. The molecule has 4 aromatic rings. The average molecular weight is 535 g/mol. The number of fused-ring (bicyclic) bond motifs is 1. The van der Waals surface area contributed by atoms with Crippen LogP contribution in [0.1, 0.15) is 38.4 Å². The molecule has 1 amide bonds. The fourth-order valence-corrected chi connectivity index (χ4v) is 5.52. The first kappa shape index (κ1) is 25.0. The number of phenolic OH excluding ortho intramolecular Hbond substituents is 1. The molecule has 2 N–H and O–H groups in total. The highest BCUT2D eigenvalue weighted by Crippen LogP contribution is 2.45. The van der Waals surface area contributed by atoms with Crippen molar-refractivity contribution < 1.29 is 34.1 Å². The lowest BCUT2D eigenvalue weighted by atomic mass is 9.96. The second-order valence-corrected chi connectivity index (χ2v) is 9.46. The molecule has 12 heteroatoms. The van der Waals surface area contributed by atoms with Gasteiger partial charge in [0.2, 0.25) is 0 Å². The number of hydrogen-bond donors (Lipinski definition) is 2. The van der Waals surface area contributed by atoms with Gasteiger partial charge in [-0.05, 0) is 43.7 Å². The number of pyridine rings is 1. The number of aliphatic hydroxyl groups excluding tert-OH is 1. The molecule has 0 radical (unpaired) electrons. The number of phenols is 1. The van der Waals surface area contributed by atoms with Gasteiger partial charge >= 0.3 is 11.9 Å². The van der Waals surface area contributed by atoms with Crippen molar-refractivity contribution in [2.45, 2.75) is 19.9 Å². The van der Waals surface area contributed by atoms with Gasteiger partial charge in [0.1, 0.15) is 16.2 Å². The van der Waals surface area contributed by atoms with Crippen molar-refractivity contribution >= 4 is 45.5 Å². The number of esters is 1. The normalized spacial score (nSPS) is 16.8. The number of aliphatic hydroxyl groups is 1. The number of aromatic hydroxyl groups is 1. The van der Waals surface area contributed by atoms with Gasteiger partial charge in [-0.25, -0.2) is 14.8 Å². The molecule has 1 aliphatic heterocycles. The lowest BCUT2D eigenvalue weighted by Crippen LogP contribution is -2.29. The SMILES string of the molecule is COC(=O)c1sc(N2C(=O)C(=O)C(=C(O)c3c(C)nc4ccccn34)C2c2ccc(O)c(OC)c2)nc1C. The Hall–Kier alpha value is -4.71. The summed E-state index contributed by atoms with van der Waals surface area (Å²) in [4.78, 5) is 49.4. The van der Waals surface area contributed by atoms with E-state index in [4.69, 9.17) is 9.47 Å². The van der Waals surface area contributed by atoms with Crippen LogP contribution in [0, 0.1) is 13.8 Å². The van der Waals surface area contributed by atoms with Gasteiger partial charge in [0.15, 0.2) is 22.4 Å². The summed E-state index contributed by atoms with van der Waals surface area (Å²) >= 11 is 0.889. The number of thiazole rings is 1. The standard InChI is InChI=1S/C26H22N4O7S/c1-12-19(29-10-6-5-7-17(29)27-12)21(32)18-20(14-8-9-15(31)16(11-14)36-3)30(24(34)22(18)33)26-28-13(2)23(38-26)25(35)37-4/h5-11,20,31-32H,1-4H3. The lowest BCUT2D eigenvalue weighted by Gasteiger charge is -2.23. The van der Waals surface area contributed by atoms with Crippen LogP contribution in [0.4, 0.5) is 5.13 Å². The van der Waals surface area contributed by atoms with Gasteiger partial charge < -0.3 is 19.7 Å². The zero-order chi connectivity index (χ0) is 27.3. The smallest absolute Gasteiger partial charge is 0.350 e. The van der Waals surface area contributed by atoms with Gasteiger partial charge in [0.25, 0.3) is 5.78 Å². The number of benzene rings is 1. The second-order valence-electron chi connectivity index (χ2n) is 8.48. The number of rotatable bonds is 5. The molecule has 0 bridgehead atoms. The largest absolute Gasteiger partial charge is 0.505 e. The average Bonchev–Trinajstić information content (AvgIpc) is 3.54. The predicted octanol–water partition coefficient (Wildman–Crippen LogP) is 3.53. The quantitative estimate of drug-likeness (QED) is 0.170. The molecule has 38 heavy (non-hydrogen) atoms. The van der Waals surface area contributed by atoms with E-state index in [2.05, 4.69) is 9.97 Å². The first-order valence-electron chi connectivity index (χ1n) is 11.4. The van der Waals surface area contributed by atoms with E-state index in [0.717, 1.165) is 16.2 Å². The summed E-state index contributed by atoms with van der Waals surface area (Å²) in [6.07, 6.45) is 1.69. The van der Waals surface area contributed by atoms with E-state index < -0.39 is 29.5 Å². The molecule has 194 valence electrons. The number of aryl methyl sites for hydroxylation is 2. The number of Topliss-reactive ketones (excluding diaryl/α,β-unsaturated/α-hetero) is 1. The first-order chi connectivity index (χ1) is 18.2. The fourth-order valence-electron chi connectivity index (χ4n) is 4.50. The minimum atomic E-state index is -1.16. The summed E-state index contributed by atoms with van der Waals surface area (Å²) < 4.78 is 11.7. The third kappa shape index (κ3) is 3.77. The van der Waals surface area contributed by atoms with Crippen LogP contribution >= 0.6 is 11.3 Å². The number of nitrogens with zero attached hydrogens (tertiary/aromatic N) is 4. The number of methoxy groups -OCH3 is 2. The Morgan fingerprint density at radius 2 is 1.84 bits per heavy atom. The lowest BCUT2D eigenvalue weighted by molar-refractivity contribution is -0.132. The highest BCUT2D eigenvalue weighted by Gasteiger charge is 2.49. The number of anilines is 1. The van der Waals surface area contributed by atoms with Crippen molar-refractivity contribution in [1.82, 2.24) is 14.4 Å². The Kier molecular flexibility index (Phi) is 6.11. The minimum absolute atomic E-state index is 0.0657. The Labute approximate surface area is 220 Å². The van der Waals surface area contributed by atoms with Gasteiger partial charge in [0.05, 0.1) is 37.2 Å². The van der Waals surface area contributed by atoms with E-state index in [-0.39, 0.29) is 32.8 Å². The highest BCUT2D eigenvalue weighted by molar-refractivity contribution is 7.17. The first-order valence-corrected chi connectivity index (χ1v) is 12.2. The number of aromatic nitrogens is 3. The number of ketones is 1. The maximum atomic E-state index is 13.5. The van der Waals surface area contributed by atoms with Crippen molar-refractivity contribution in [2.24, 2.45) is 0 Å². The van der Waals surface area contributed by atoms with Gasteiger partial charge in [0, 0.05) is 6.20 Å². The maximum absolute atomic E-state index is 13.5. The molecule has 1 unspecified atom stereocenters. The topological polar surface area (TPSA) is 144 Å². The van der Waals surface area contributed by atoms with Gasteiger partial charge in [-0.15, -0.1) is 0 Å². The van der Waals surface area contributed by atoms with Gasteiger partial charge in [-0.1, -0.05) is 23.5 Å². The second kappa shape index (κ2) is 9.30. The van der Waals surface area contributed by atoms with E-state index in [0.29, 0.717) is 22.6 Å². The molecule has 1 aromatic carbocycles. The maximum Gasteiger partial charge on any atom is 0.350 e. The molecule has 1 fully saturated rings. The van der Waals surface area contributed by atoms with Gasteiger partial charge in [-0.2, -0.15) is 0 Å². The number of ether oxygens (including phenoxy) is 2. The zero-order valence-corrected chi connectivity index (χ0v) is 21.6. The number of amides is 1. The Bertz CT molecular complexity index is 1670. The molecule has 1 atom stereocenters. The summed E-state index contributed by atoms with van der Waals surface area (Å²) in [6, 6.07) is 8.47. The van der Waals surface area contributed by atoms with Crippen LogP contribution in [0.15, 0.2) is 48.2 Å². The molecule has 0 aliphatic carbocycles. The number of carbonyl (C=O) groups is 3. The molecule has 4 heterocycles. The number of carbonyl (C=O) groups excluding carboxylic acids is 3. The molecule has 0 saturated carbocycles. The summed E-state index contributed by atoms with van der Waals surface area (Å²) in [7, 11) is 2.60. The Balaban J connectivity index is 1.79. The van der Waals surface area contributed by atoms with E-state index in [1.807, 2.05) is 0 Å². The molecule has 3 aromatic heterocycles. The third-order valence-electron chi connectivity index (χ3n) is 6.25. The van der Waals surface area contributed by atoms with Crippen LogP contribution in [-0.2, 0) is 14.3 Å². The third-order valence-corrected chi connectivity index (χ3v) is 7.39. The monoisotopic (exact) mass is 534 g/mol. The molecule has 11 nitrogen and oxygen atoms in total. The van der Waals surface area contributed by atoms with Crippen molar-refractivity contribution in [1.29, 1.82) is 0 Å². The van der Waals surface area contributed by atoms with Crippen molar-refractivity contribution in [2.75, 3.05) is 19.1 Å². The highest BCUT2D eigenvalue weighted by atomic mass is 32.1. The van der Waals surface area contributed by atoms with Crippen LogP contribution in [0.3, 0.4) is 0 Å². The molecule has 5 rings (SSSR count). The molecule has 1 saturated heterocycles. The molecular formula is C26H22N4O7S. The Morgan fingerprint density at radius 1 is 1.08 bits per heavy atom. The Morgan fingerprint density at radius 3 is 2.55 bits per heavy atom. The van der Waals surface area contributed by atoms with Crippen molar-refractivity contribution in [3.63, 3.8) is 0 Å². The summed E-state index contributed by atoms with van der Waals surface area (Å²) in [5.74, 6) is -3.00. The number of hydrogen-bond acceptors (Lipinski definition) is 10. The molecular weight excluding hydrogens is 512 g/mol. The molecule has 0 spiro atoms. The van der Waals surface area contributed by atoms with E-state index >= 15 is 0 Å². The minimum Gasteiger partial charge on any atom is -0.505 e.